The number of rotatable bonds is 3. The van der Waals surface area contributed by atoms with E-state index in [0.717, 1.165) is 73.4 Å². The maximum absolute atomic E-state index is 9.92. The maximum Gasteiger partial charge on any atom is 0.264 e. The second-order valence-corrected chi connectivity index (χ2v) is 24.0. The van der Waals surface area contributed by atoms with E-state index >= 15 is 0 Å². The molecule has 6 aromatic carbocycles. The molecule has 0 N–H and O–H groups in total. The van der Waals surface area contributed by atoms with E-state index in [0.29, 0.717) is 29.0 Å². The molecule has 1 aliphatic carbocycles. The van der Waals surface area contributed by atoms with E-state index in [1.54, 1.807) is 0 Å². The Labute approximate surface area is 392 Å². The van der Waals surface area contributed by atoms with Crippen LogP contribution in [0.25, 0.3) is 21.2 Å². The Morgan fingerprint density at radius 3 is 1.75 bits per heavy atom. The maximum atomic E-state index is 9.92. The van der Waals surface area contributed by atoms with Gasteiger partial charge >= 0.3 is 0 Å². The predicted molar refractivity (Wildman–Crippen MR) is 277 cm³/mol. The third-order valence-corrected chi connectivity index (χ3v) is 15.5. The van der Waals surface area contributed by atoms with Crippen molar-refractivity contribution in [3.05, 3.63) is 148 Å². The molecule has 3 heterocycles. The van der Waals surface area contributed by atoms with E-state index in [1.807, 2.05) is 29.5 Å². The van der Waals surface area contributed by atoms with Gasteiger partial charge in [-0.1, -0.05) is 151 Å². The van der Waals surface area contributed by atoms with Crippen molar-refractivity contribution < 1.29 is 9.60 Å². The van der Waals surface area contributed by atoms with Crippen molar-refractivity contribution in [1.82, 2.24) is 0 Å². The van der Waals surface area contributed by atoms with Crippen molar-refractivity contribution in [1.29, 1.82) is 0 Å². The summed E-state index contributed by atoms with van der Waals surface area (Å²) in [6.45, 7) is 30.9. The molecule has 10 rings (SSSR count). The number of anilines is 6. The molecule has 0 fully saturated rings. The van der Waals surface area contributed by atoms with Gasteiger partial charge in [0.1, 0.15) is 0 Å². The van der Waals surface area contributed by atoms with Gasteiger partial charge in [-0.25, -0.2) is 0 Å². The SMILES string of the molecule is [2H]c1cc(C(C)(C)C)cc([2H])c1N1c2cc(C)cc3c2B(c2cc(C(C)(C)C)ccc2N3c2ccc(C(C)(C)C)cc2-c2c([2H])c([2H])c([2H])c([2H])c2[2H])c2sc3cc4c(cc3c21)C(C)(C)CCC4(C)C. The molecule has 0 amide bonds. The quantitative estimate of drug-likeness (QED) is 0.163. The Hall–Kier alpha value is -5.06. The van der Waals surface area contributed by atoms with Crippen LogP contribution in [0.15, 0.2) is 115 Å². The van der Waals surface area contributed by atoms with Gasteiger partial charge in [0.2, 0.25) is 0 Å². The minimum atomic E-state index is -0.425. The third kappa shape index (κ3) is 6.72. The molecule has 0 radical (unpaired) electrons. The van der Waals surface area contributed by atoms with Gasteiger partial charge in [0, 0.05) is 43.2 Å². The highest BCUT2D eigenvalue weighted by molar-refractivity contribution is 7.33. The Morgan fingerprint density at radius 1 is 0.587 bits per heavy atom. The molecule has 0 saturated carbocycles. The Bertz CT molecular complexity index is 3350. The first-order chi connectivity index (χ1) is 32.4. The molecule has 0 saturated heterocycles. The number of thiophene rings is 1. The second kappa shape index (κ2) is 14.0. The van der Waals surface area contributed by atoms with E-state index in [2.05, 4.69) is 161 Å². The van der Waals surface area contributed by atoms with E-state index in [4.69, 9.17) is 4.11 Å². The lowest BCUT2D eigenvalue weighted by Gasteiger charge is -2.44. The summed E-state index contributed by atoms with van der Waals surface area (Å²) in [5, 5.41) is 1.13. The molecule has 320 valence electrons. The zero-order valence-electron chi connectivity index (χ0n) is 46.7. The number of nitrogens with zero attached hydrogens (tertiary/aromatic N) is 2. The highest BCUT2D eigenvalue weighted by Crippen LogP contribution is 2.53. The molecule has 0 atom stereocenters. The zero-order valence-corrected chi connectivity index (χ0v) is 40.5. The van der Waals surface area contributed by atoms with Crippen LogP contribution in [0.1, 0.15) is 146 Å². The zero-order chi connectivity index (χ0) is 50.8. The van der Waals surface area contributed by atoms with Crippen LogP contribution in [0.2, 0.25) is 0 Å². The van der Waals surface area contributed by atoms with Crippen LogP contribution < -0.4 is 25.5 Å². The van der Waals surface area contributed by atoms with Crippen LogP contribution in [0, 0.1) is 6.92 Å². The molecular formula is C59H65BN2S. The summed E-state index contributed by atoms with van der Waals surface area (Å²) in [4.78, 5) is 4.51. The molecular weight excluding hydrogens is 780 g/mol. The van der Waals surface area contributed by atoms with Gasteiger partial charge in [-0.3, -0.25) is 0 Å². The highest BCUT2D eigenvalue weighted by Gasteiger charge is 2.47. The Balaban J connectivity index is 1.38. The third-order valence-electron chi connectivity index (χ3n) is 14.3. The van der Waals surface area contributed by atoms with Crippen LogP contribution in [0.4, 0.5) is 34.1 Å². The van der Waals surface area contributed by atoms with E-state index in [-0.39, 0.29) is 63.5 Å². The molecule has 3 aliphatic rings. The second-order valence-electron chi connectivity index (χ2n) is 22.9. The summed E-state index contributed by atoms with van der Waals surface area (Å²) in [5.74, 6) is 0. The number of hydrogen-bond acceptors (Lipinski definition) is 3. The molecule has 2 aliphatic heterocycles. The average Bonchev–Trinajstić information content (AvgIpc) is 3.64. The van der Waals surface area contributed by atoms with Gasteiger partial charge in [-0.2, -0.15) is 0 Å². The lowest BCUT2D eigenvalue weighted by Crippen LogP contribution is -2.60. The van der Waals surface area contributed by atoms with E-state index < -0.39 is 6.04 Å². The Kier molecular flexibility index (Phi) is 7.62. The monoisotopic (exact) mass is 852 g/mol. The summed E-state index contributed by atoms with van der Waals surface area (Å²) < 4.78 is 67.2. The topological polar surface area (TPSA) is 6.48 Å². The lowest BCUT2D eigenvalue weighted by molar-refractivity contribution is 0.332. The minimum absolute atomic E-state index is 0.0119. The van der Waals surface area contributed by atoms with Crippen molar-refractivity contribution in [2.45, 2.75) is 137 Å². The van der Waals surface area contributed by atoms with Crippen LogP contribution >= 0.6 is 11.3 Å². The van der Waals surface area contributed by atoms with Crippen molar-refractivity contribution in [2.24, 2.45) is 0 Å². The van der Waals surface area contributed by atoms with Gasteiger partial charge in [0.25, 0.3) is 6.71 Å². The lowest BCUT2D eigenvalue weighted by atomic mass is 9.36. The standard InChI is InChI=1S/C59H65BN2S/c1-36-30-49-52-50(31-36)62(47-26-22-39(56(5,6)7)32-42(47)37-18-16-15-17-19-37)48-27-23-40(57(8,9)10)33-46(48)60(52)54-53(61(49)41-24-20-38(21-25-41)55(2,3)4)43-34-44-45(35-51(43)63-54)59(13,14)29-28-58(44,11)12/h15-27,30-35H,28-29H2,1-14H3/i15D,16D,17D,18D,19D,24D,25D. The number of aryl methyl sites for hydroxylation is 1. The molecule has 4 heteroatoms. The van der Waals surface area contributed by atoms with Crippen LogP contribution in [0.5, 0.6) is 0 Å². The fourth-order valence-electron chi connectivity index (χ4n) is 10.4. The molecule has 2 nitrogen and oxygen atoms in total. The van der Waals surface area contributed by atoms with Crippen LogP contribution in [-0.2, 0) is 27.1 Å². The molecule has 0 bridgehead atoms. The van der Waals surface area contributed by atoms with Crippen molar-refractivity contribution in [3.8, 4) is 11.1 Å². The first-order valence-electron chi connectivity index (χ1n) is 26.3. The van der Waals surface area contributed by atoms with E-state index in [1.165, 1.54) is 21.4 Å². The first kappa shape index (κ1) is 34.4. The van der Waals surface area contributed by atoms with Gasteiger partial charge in [-0.15, -0.1) is 11.3 Å². The highest BCUT2D eigenvalue weighted by atomic mass is 32.1. The fourth-order valence-corrected chi connectivity index (χ4v) is 11.7. The first-order valence-corrected chi connectivity index (χ1v) is 23.6. The number of fused-ring (bicyclic) bond motifs is 7. The van der Waals surface area contributed by atoms with Gasteiger partial charge in [0.05, 0.1) is 21.0 Å². The fraction of sp³-hybridized carbons (Fsp3) is 0.356. The molecule has 1 aromatic heterocycles. The summed E-state index contributed by atoms with van der Waals surface area (Å²) >= 11 is 1.83. The van der Waals surface area contributed by atoms with Crippen LogP contribution in [-0.4, -0.2) is 6.71 Å². The normalized spacial score (nSPS) is 18.0. The summed E-state index contributed by atoms with van der Waals surface area (Å²) in [5.41, 5.74) is 13.9. The summed E-state index contributed by atoms with van der Waals surface area (Å²) in [6, 6.07) is 25.2. The van der Waals surface area contributed by atoms with Crippen molar-refractivity contribution in [2.75, 3.05) is 9.80 Å². The summed E-state index contributed by atoms with van der Waals surface area (Å²) in [6.07, 6.45) is 2.17. The van der Waals surface area contributed by atoms with Crippen molar-refractivity contribution in [3.63, 3.8) is 0 Å². The van der Waals surface area contributed by atoms with E-state index in [9.17, 15) is 5.48 Å². The Morgan fingerprint density at radius 2 is 1.14 bits per heavy atom. The predicted octanol–water partition coefficient (Wildman–Crippen LogP) is 15.2. The van der Waals surface area contributed by atoms with Gasteiger partial charge < -0.3 is 9.80 Å². The molecule has 0 spiro atoms. The summed E-state index contributed by atoms with van der Waals surface area (Å²) in [7, 11) is 0. The average molecular weight is 852 g/mol. The van der Waals surface area contributed by atoms with Gasteiger partial charge in [-0.05, 0) is 151 Å². The molecule has 63 heavy (non-hydrogen) atoms. The minimum Gasteiger partial charge on any atom is -0.311 e. The smallest absolute Gasteiger partial charge is 0.264 e. The van der Waals surface area contributed by atoms with Gasteiger partial charge in [0.15, 0.2) is 0 Å². The van der Waals surface area contributed by atoms with Crippen molar-refractivity contribution >= 4 is 78.0 Å². The number of hydrogen-bond donors (Lipinski definition) is 0. The molecule has 7 aromatic rings. The molecule has 0 unspecified atom stereocenters. The van der Waals surface area contributed by atoms with Crippen LogP contribution in [0.3, 0.4) is 0 Å². The number of benzene rings is 6. The largest absolute Gasteiger partial charge is 0.311 e.